The van der Waals surface area contributed by atoms with Gasteiger partial charge in [0.1, 0.15) is 0 Å². The summed E-state index contributed by atoms with van der Waals surface area (Å²) >= 11 is 0. The van der Waals surface area contributed by atoms with Crippen LogP contribution in [-0.4, -0.2) is 43.6 Å². The van der Waals surface area contributed by atoms with Crippen LogP contribution in [-0.2, 0) is 0 Å². The third-order valence-electron chi connectivity index (χ3n) is 2.88. The fraction of sp³-hybridized carbons (Fsp3) is 0.462. The van der Waals surface area contributed by atoms with Crippen molar-refractivity contribution in [2.45, 2.75) is 6.92 Å². The van der Waals surface area contributed by atoms with Gasteiger partial charge in [-0.05, 0) is 25.1 Å². The van der Waals surface area contributed by atoms with Crippen molar-refractivity contribution in [1.29, 1.82) is 0 Å². The standard InChI is InChI=1S/C13H17FN2O2/c1-2-18-12-4-3-10(9-11(12)14)13(17)16-7-5-15-6-8-16/h3-4,9,15H,2,5-8H2,1H3. The largest absolute Gasteiger partial charge is 0.491 e. The van der Waals surface area contributed by atoms with Gasteiger partial charge in [0.15, 0.2) is 11.6 Å². The highest BCUT2D eigenvalue weighted by atomic mass is 19.1. The molecular weight excluding hydrogens is 235 g/mol. The van der Waals surface area contributed by atoms with E-state index >= 15 is 0 Å². The predicted octanol–water partition coefficient (Wildman–Crippen LogP) is 1.27. The van der Waals surface area contributed by atoms with Gasteiger partial charge in [-0.25, -0.2) is 4.39 Å². The molecule has 18 heavy (non-hydrogen) atoms. The van der Waals surface area contributed by atoms with Crippen LogP contribution >= 0.6 is 0 Å². The molecule has 5 heteroatoms. The maximum absolute atomic E-state index is 13.7. The first-order valence-electron chi connectivity index (χ1n) is 6.14. The monoisotopic (exact) mass is 252 g/mol. The van der Waals surface area contributed by atoms with E-state index in [1.54, 1.807) is 17.9 Å². The Morgan fingerprint density at radius 1 is 1.44 bits per heavy atom. The van der Waals surface area contributed by atoms with E-state index in [0.29, 0.717) is 25.3 Å². The van der Waals surface area contributed by atoms with Gasteiger partial charge >= 0.3 is 0 Å². The molecule has 1 fully saturated rings. The molecule has 1 aromatic carbocycles. The first-order chi connectivity index (χ1) is 8.72. The van der Waals surface area contributed by atoms with Gasteiger partial charge in [-0.2, -0.15) is 0 Å². The maximum atomic E-state index is 13.7. The van der Waals surface area contributed by atoms with E-state index < -0.39 is 5.82 Å². The molecule has 0 unspecified atom stereocenters. The number of piperazine rings is 1. The van der Waals surface area contributed by atoms with Gasteiger partial charge in [-0.1, -0.05) is 0 Å². The maximum Gasteiger partial charge on any atom is 0.254 e. The first-order valence-corrected chi connectivity index (χ1v) is 6.14. The Kier molecular flexibility index (Phi) is 4.15. The van der Waals surface area contributed by atoms with E-state index in [0.717, 1.165) is 13.1 Å². The summed E-state index contributed by atoms with van der Waals surface area (Å²) in [6.07, 6.45) is 0. The number of nitrogens with zero attached hydrogens (tertiary/aromatic N) is 1. The minimum absolute atomic E-state index is 0.126. The molecule has 1 aromatic rings. The number of rotatable bonds is 3. The van der Waals surface area contributed by atoms with Crippen LogP contribution in [0.4, 0.5) is 4.39 Å². The predicted molar refractivity (Wildman–Crippen MR) is 66.3 cm³/mol. The summed E-state index contributed by atoms with van der Waals surface area (Å²) in [6, 6.07) is 4.36. The van der Waals surface area contributed by atoms with Gasteiger partial charge in [-0.15, -0.1) is 0 Å². The zero-order chi connectivity index (χ0) is 13.0. The van der Waals surface area contributed by atoms with Crippen LogP contribution in [0.15, 0.2) is 18.2 Å². The SMILES string of the molecule is CCOc1ccc(C(=O)N2CCNCC2)cc1F. The van der Waals surface area contributed by atoms with E-state index in [2.05, 4.69) is 5.32 Å². The average Bonchev–Trinajstić information content (AvgIpc) is 2.41. The van der Waals surface area contributed by atoms with E-state index in [4.69, 9.17) is 4.74 Å². The number of halogens is 1. The van der Waals surface area contributed by atoms with Gasteiger partial charge in [0.25, 0.3) is 5.91 Å². The van der Waals surface area contributed by atoms with Crippen LogP contribution < -0.4 is 10.1 Å². The Morgan fingerprint density at radius 2 is 2.17 bits per heavy atom. The summed E-state index contributed by atoms with van der Waals surface area (Å²) in [4.78, 5) is 13.8. The zero-order valence-electron chi connectivity index (χ0n) is 10.4. The lowest BCUT2D eigenvalue weighted by atomic mass is 10.1. The minimum atomic E-state index is -0.488. The van der Waals surface area contributed by atoms with Crippen LogP contribution in [0.3, 0.4) is 0 Å². The molecular formula is C13H17FN2O2. The van der Waals surface area contributed by atoms with E-state index in [9.17, 15) is 9.18 Å². The molecule has 1 N–H and O–H groups in total. The highest BCUT2D eigenvalue weighted by molar-refractivity contribution is 5.94. The number of hydrogen-bond acceptors (Lipinski definition) is 3. The molecule has 0 bridgehead atoms. The van der Waals surface area contributed by atoms with Crippen LogP contribution in [0.1, 0.15) is 17.3 Å². The van der Waals surface area contributed by atoms with Crippen LogP contribution in [0.5, 0.6) is 5.75 Å². The fourth-order valence-electron chi connectivity index (χ4n) is 1.96. The van der Waals surface area contributed by atoms with Crippen molar-refractivity contribution in [2.24, 2.45) is 0 Å². The van der Waals surface area contributed by atoms with Crippen molar-refractivity contribution in [3.63, 3.8) is 0 Å². The van der Waals surface area contributed by atoms with Gasteiger partial charge in [0, 0.05) is 31.7 Å². The third-order valence-corrected chi connectivity index (χ3v) is 2.88. The van der Waals surface area contributed by atoms with Crippen LogP contribution in [0, 0.1) is 5.82 Å². The fourth-order valence-corrected chi connectivity index (χ4v) is 1.96. The topological polar surface area (TPSA) is 41.6 Å². The quantitative estimate of drug-likeness (QED) is 0.881. The van der Waals surface area contributed by atoms with Crippen molar-refractivity contribution in [3.8, 4) is 5.75 Å². The number of nitrogens with one attached hydrogen (secondary N) is 1. The molecule has 1 aliphatic heterocycles. The molecule has 2 rings (SSSR count). The van der Waals surface area contributed by atoms with E-state index in [1.807, 2.05) is 0 Å². The molecule has 98 valence electrons. The summed E-state index contributed by atoms with van der Waals surface area (Å²) in [7, 11) is 0. The molecule has 1 amide bonds. The molecule has 0 radical (unpaired) electrons. The van der Waals surface area contributed by atoms with Crippen molar-refractivity contribution >= 4 is 5.91 Å². The van der Waals surface area contributed by atoms with Crippen LogP contribution in [0.2, 0.25) is 0 Å². The second-order valence-electron chi connectivity index (χ2n) is 4.12. The zero-order valence-corrected chi connectivity index (χ0v) is 10.4. The molecule has 0 spiro atoms. The van der Waals surface area contributed by atoms with Crippen molar-refractivity contribution in [1.82, 2.24) is 10.2 Å². The summed E-state index contributed by atoms with van der Waals surface area (Å²) in [5.74, 6) is -0.425. The van der Waals surface area contributed by atoms with Crippen molar-refractivity contribution in [3.05, 3.63) is 29.6 Å². The number of ether oxygens (including phenoxy) is 1. The number of hydrogen-bond donors (Lipinski definition) is 1. The Bertz CT molecular complexity index is 431. The number of amides is 1. The lowest BCUT2D eigenvalue weighted by Gasteiger charge is -2.27. The van der Waals surface area contributed by atoms with Gasteiger partial charge < -0.3 is 15.0 Å². The normalized spacial score (nSPS) is 15.6. The Balaban J connectivity index is 2.12. The van der Waals surface area contributed by atoms with Crippen LogP contribution in [0.25, 0.3) is 0 Å². The Labute approximate surface area is 106 Å². The summed E-state index contributed by atoms with van der Waals surface area (Å²) in [5.41, 5.74) is 0.373. The molecule has 0 aromatic heterocycles. The first kappa shape index (κ1) is 12.8. The van der Waals surface area contributed by atoms with E-state index in [1.165, 1.54) is 12.1 Å². The van der Waals surface area contributed by atoms with E-state index in [-0.39, 0.29) is 11.7 Å². The molecule has 0 saturated carbocycles. The van der Waals surface area contributed by atoms with Gasteiger partial charge in [0.2, 0.25) is 0 Å². The highest BCUT2D eigenvalue weighted by Gasteiger charge is 2.19. The second kappa shape index (κ2) is 5.82. The number of carbonyl (C=O) groups is 1. The molecule has 1 heterocycles. The number of carbonyl (C=O) groups excluding carboxylic acids is 1. The van der Waals surface area contributed by atoms with Crippen molar-refractivity contribution in [2.75, 3.05) is 32.8 Å². The number of benzene rings is 1. The minimum Gasteiger partial charge on any atom is -0.491 e. The third kappa shape index (κ3) is 2.79. The Morgan fingerprint density at radius 3 is 2.78 bits per heavy atom. The van der Waals surface area contributed by atoms with Gasteiger partial charge in [0.05, 0.1) is 6.61 Å². The summed E-state index contributed by atoms with van der Waals surface area (Å²) < 4.78 is 18.8. The summed E-state index contributed by atoms with van der Waals surface area (Å²) in [5, 5.41) is 3.17. The lowest BCUT2D eigenvalue weighted by Crippen LogP contribution is -2.46. The molecule has 0 aliphatic carbocycles. The lowest BCUT2D eigenvalue weighted by molar-refractivity contribution is 0.0735. The summed E-state index contributed by atoms with van der Waals surface area (Å²) in [6.45, 7) is 5.08. The Hall–Kier alpha value is -1.62. The smallest absolute Gasteiger partial charge is 0.254 e. The second-order valence-corrected chi connectivity index (χ2v) is 4.12. The van der Waals surface area contributed by atoms with Crippen molar-refractivity contribution < 1.29 is 13.9 Å². The molecule has 4 nitrogen and oxygen atoms in total. The molecule has 0 atom stereocenters. The molecule has 1 saturated heterocycles. The highest BCUT2D eigenvalue weighted by Crippen LogP contribution is 2.19. The average molecular weight is 252 g/mol. The molecule has 1 aliphatic rings. The van der Waals surface area contributed by atoms with Gasteiger partial charge in [-0.3, -0.25) is 4.79 Å².